The molecule has 2 aromatic carbocycles. The van der Waals surface area contributed by atoms with E-state index in [4.69, 9.17) is 9.47 Å². The molecule has 0 aromatic heterocycles. The molecule has 1 aliphatic heterocycles. The third-order valence-corrected chi connectivity index (χ3v) is 3.45. The van der Waals surface area contributed by atoms with E-state index in [9.17, 15) is 9.59 Å². The molecule has 0 spiro atoms. The molecule has 0 saturated carbocycles. The van der Waals surface area contributed by atoms with Crippen LogP contribution in [0.25, 0.3) is 0 Å². The first-order valence-corrected chi connectivity index (χ1v) is 7.66. The van der Waals surface area contributed by atoms with Crippen molar-refractivity contribution in [1.29, 1.82) is 0 Å². The van der Waals surface area contributed by atoms with Crippen molar-refractivity contribution in [2.75, 3.05) is 23.8 Å². The number of benzene rings is 2. The van der Waals surface area contributed by atoms with Crippen LogP contribution < -0.4 is 20.1 Å². The number of rotatable bonds is 4. The molecule has 2 N–H and O–H groups in total. The van der Waals surface area contributed by atoms with Gasteiger partial charge in [0.2, 0.25) is 11.8 Å². The van der Waals surface area contributed by atoms with Crippen LogP contribution in [0.3, 0.4) is 0 Å². The fourth-order valence-electron chi connectivity index (χ4n) is 2.40. The minimum absolute atomic E-state index is 0.262. The van der Waals surface area contributed by atoms with Crippen LogP contribution in [0.5, 0.6) is 11.5 Å². The summed E-state index contributed by atoms with van der Waals surface area (Å²) in [6.45, 7) is 2.92. The van der Waals surface area contributed by atoms with Crippen LogP contribution in [0.2, 0.25) is 0 Å². The molecule has 0 atom stereocenters. The van der Waals surface area contributed by atoms with E-state index >= 15 is 0 Å². The lowest BCUT2D eigenvalue weighted by molar-refractivity contribution is -0.123. The van der Waals surface area contributed by atoms with Gasteiger partial charge in [0.15, 0.2) is 11.5 Å². The highest BCUT2D eigenvalue weighted by atomic mass is 16.6. The highest BCUT2D eigenvalue weighted by Crippen LogP contribution is 2.32. The van der Waals surface area contributed by atoms with E-state index in [-0.39, 0.29) is 12.3 Å². The van der Waals surface area contributed by atoms with Crippen molar-refractivity contribution in [3.63, 3.8) is 0 Å². The molecule has 1 heterocycles. The van der Waals surface area contributed by atoms with E-state index in [1.807, 2.05) is 25.1 Å². The molecule has 0 bridgehead atoms. The summed E-state index contributed by atoms with van der Waals surface area (Å²) in [4.78, 5) is 23.9. The van der Waals surface area contributed by atoms with Crippen molar-refractivity contribution < 1.29 is 19.1 Å². The zero-order chi connectivity index (χ0) is 16.9. The molecule has 3 rings (SSSR count). The zero-order valence-corrected chi connectivity index (χ0v) is 13.3. The lowest BCUT2D eigenvalue weighted by Crippen LogP contribution is -2.21. The van der Waals surface area contributed by atoms with Crippen molar-refractivity contribution in [1.82, 2.24) is 0 Å². The average molecular weight is 326 g/mol. The van der Waals surface area contributed by atoms with Crippen molar-refractivity contribution in [2.45, 2.75) is 13.3 Å². The summed E-state index contributed by atoms with van der Waals surface area (Å²) in [7, 11) is 0. The maximum Gasteiger partial charge on any atom is 0.233 e. The van der Waals surface area contributed by atoms with Crippen LogP contribution in [0.1, 0.15) is 12.0 Å². The van der Waals surface area contributed by atoms with Gasteiger partial charge in [-0.25, -0.2) is 0 Å². The topological polar surface area (TPSA) is 76.7 Å². The maximum absolute atomic E-state index is 12.0. The molecular formula is C18H18N2O4. The second-order valence-corrected chi connectivity index (χ2v) is 5.50. The number of nitrogens with one attached hydrogen (secondary N) is 2. The summed E-state index contributed by atoms with van der Waals surface area (Å²) >= 11 is 0. The van der Waals surface area contributed by atoms with Gasteiger partial charge in [-0.05, 0) is 36.8 Å². The molecule has 0 saturated heterocycles. The quantitative estimate of drug-likeness (QED) is 0.847. The molecule has 2 aromatic rings. The molecule has 0 radical (unpaired) electrons. The van der Waals surface area contributed by atoms with Gasteiger partial charge in [0.1, 0.15) is 19.6 Å². The lowest BCUT2D eigenvalue weighted by atomic mass is 10.2. The summed E-state index contributed by atoms with van der Waals surface area (Å²) in [5, 5.41) is 5.39. The molecule has 1 aliphatic rings. The first-order chi connectivity index (χ1) is 11.6. The third-order valence-electron chi connectivity index (χ3n) is 3.45. The Morgan fingerprint density at radius 1 is 0.917 bits per heavy atom. The number of carbonyl (C=O) groups is 2. The number of hydrogen-bond donors (Lipinski definition) is 2. The number of carbonyl (C=O) groups excluding carboxylic acids is 2. The van der Waals surface area contributed by atoms with Gasteiger partial charge in [-0.2, -0.15) is 0 Å². The SMILES string of the molecule is Cc1cccc(NC(=O)CC(=O)Nc2ccc3c(c2)OCCO3)c1. The predicted molar refractivity (Wildman–Crippen MR) is 90.5 cm³/mol. The van der Waals surface area contributed by atoms with E-state index in [1.165, 1.54) is 0 Å². The standard InChI is InChI=1S/C18H18N2O4/c1-12-3-2-4-13(9-12)19-17(21)11-18(22)20-14-5-6-15-16(10-14)24-8-7-23-15/h2-6,9-10H,7-8,11H2,1H3,(H,19,21)(H,20,22). The monoisotopic (exact) mass is 326 g/mol. The van der Waals surface area contributed by atoms with Gasteiger partial charge in [-0.3, -0.25) is 9.59 Å². The Balaban J connectivity index is 1.56. The van der Waals surface area contributed by atoms with E-state index in [0.29, 0.717) is 36.1 Å². The Hall–Kier alpha value is -3.02. The van der Waals surface area contributed by atoms with Gasteiger partial charge in [0.25, 0.3) is 0 Å². The van der Waals surface area contributed by atoms with Gasteiger partial charge >= 0.3 is 0 Å². The molecule has 0 fully saturated rings. The van der Waals surface area contributed by atoms with E-state index in [0.717, 1.165) is 5.56 Å². The summed E-state index contributed by atoms with van der Waals surface area (Å²) in [6, 6.07) is 12.5. The van der Waals surface area contributed by atoms with Crippen molar-refractivity contribution >= 4 is 23.2 Å². The first-order valence-electron chi connectivity index (χ1n) is 7.66. The van der Waals surface area contributed by atoms with Gasteiger partial charge in [0, 0.05) is 17.4 Å². The largest absolute Gasteiger partial charge is 0.486 e. The summed E-state index contributed by atoms with van der Waals surface area (Å²) < 4.78 is 10.9. The lowest BCUT2D eigenvalue weighted by Gasteiger charge is -2.19. The van der Waals surface area contributed by atoms with Crippen molar-refractivity contribution in [3.05, 3.63) is 48.0 Å². The fourth-order valence-corrected chi connectivity index (χ4v) is 2.40. The van der Waals surface area contributed by atoms with Crippen LogP contribution in [0.15, 0.2) is 42.5 Å². The van der Waals surface area contributed by atoms with E-state index < -0.39 is 5.91 Å². The number of aryl methyl sites for hydroxylation is 1. The van der Waals surface area contributed by atoms with Gasteiger partial charge in [-0.15, -0.1) is 0 Å². The Bertz CT molecular complexity index is 773. The Morgan fingerprint density at radius 3 is 2.29 bits per heavy atom. The van der Waals surface area contributed by atoms with Crippen molar-refractivity contribution in [3.8, 4) is 11.5 Å². The number of hydrogen-bond acceptors (Lipinski definition) is 4. The minimum Gasteiger partial charge on any atom is -0.486 e. The van der Waals surface area contributed by atoms with Crippen LogP contribution in [-0.4, -0.2) is 25.0 Å². The second-order valence-electron chi connectivity index (χ2n) is 5.50. The molecule has 6 heteroatoms. The van der Waals surface area contributed by atoms with Crippen LogP contribution >= 0.6 is 0 Å². The smallest absolute Gasteiger partial charge is 0.233 e. The Morgan fingerprint density at radius 2 is 1.58 bits per heavy atom. The van der Waals surface area contributed by atoms with Crippen LogP contribution in [0.4, 0.5) is 11.4 Å². The Kier molecular flexibility index (Phi) is 4.65. The van der Waals surface area contributed by atoms with Crippen LogP contribution in [-0.2, 0) is 9.59 Å². The summed E-state index contributed by atoms with van der Waals surface area (Å²) in [6.07, 6.45) is -0.262. The molecule has 0 unspecified atom stereocenters. The van der Waals surface area contributed by atoms with Gasteiger partial charge < -0.3 is 20.1 Å². The average Bonchev–Trinajstić information content (AvgIpc) is 2.54. The normalized spacial score (nSPS) is 12.4. The predicted octanol–water partition coefficient (Wildman–Crippen LogP) is 2.73. The van der Waals surface area contributed by atoms with Crippen molar-refractivity contribution in [2.24, 2.45) is 0 Å². The highest BCUT2D eigenvalue weighted by Gasteiger charge is 2.14. The van der Waals surface area contributed by atoms with Crippen LogP contribution in [0, 0.1) is 6.92 Å². The summed E-state index contributed by atoms with van der Waals surface area (Å²) in [5.74, 6) is 0.479. The number of anilines is 2. The number of fused-ring (bicyclic) bond motifs is 1. The fraction of sp³-hybridized carbons (Fsp3) is 0.222. The molecule has 2 amide bonds. The van der Waals surface area contributed by atoms with Gasteiger partial charge in [-0.1, -0.05) is 12.1 Å². The van der Waals surface area contributed by atoms with E-state index in [1.54, 1.807) is 24.3 Å². The molecule has 124 valence electrons. The number of amides is 2. The maximum atomic E-state index is 12.0. The summed E-state index contributed by atoms with van der Waals surface area (Å²) in [5.41, 5.74) is 2.27. The minimum atomic E-state index is -0.392. The highest BCUT2D eigenvalue weighted by molar-refractivity contribution is 6.08. The molecular weight excluding hydrogens is 308 g/mol. The zero-order valence-electron chi connectivity index (χ0n) is 13.3. The third kappa shape index (κ3) is 4.04. The van der Waals surface area contributed by atoms with Gasteiger partial charge in [0.05, 0.1) is 0 Å². The second kappa shape index (κ2) is 7.04. The molecule has 6 nitrogen and oxygen atoms in total. The van der Waals surface area contributed by atoms with E-state index in [2.05, 4.69) is 10.6 Å². The first kappa shape index (κ1) is 15.9. The molecule has 24 heavy (non-hydrogen) atoms. The molecule has 0 aliphatic carbocycles. The number of ether oxygens (including phenoxy) is 2. The Labute approximate surface area is 139 Å².